The fraction of sp³-hybridized carbons (Fsp3) is 0.583. The third-order valence-electron chi connectivity index (χ3n) is 2.94. The van der Waals surface area contributed by atoms with Crippen LogP contribution in [0.3, 0.4) is 0 Å². The number of piperidine rings is 1. The van der Waals surface area contributed by atoms with E-state index in [1.54, 1.807) is 6.20 Å². The number of ether oxygens (including phenoxy) is 1. The minimum atomic E-state index is 0.678. The average molecular weight is 364 g/mol. The van der Waals surface area contributed by atoms with Gasteiger partial charge in [0.2, 0.25) is 5.88 Å². The molecule has 1 aliphatic heterocycles. The highest BCUT2D eigenvalue weighted by atomic mass is 79.9. The van der Waals surface area contributed by atoms with Gasteiger partial charge in [-0.3, -0.25) is 0 Å². The van der Waals surface area contributed by atoms with E-state index in [2.05, 4.69) is 42.2 Å². The van der Waals surface area contributed by atoms with E-state index in [4.69, 9.17) is 4.74 Å². The number of hydrogen-bond acceptors (Lipinski definition) is 3. The van der Waals surface area contributed by atoms with Crippen molar-refractivity contribution < 1.29 is 4.74 Å². The van der Waals surface area contributed by atoms with Crippen molar-refractivity contribution in [1.82, 2.24) is 10.3 Å². The van der Waals surface area contributed by atoms with Crippen molar-refractivity contribution in [3.8, 4) is 5.88 Å². The number of aromatic nitrogens is 1. The largest absolute Gasteiger partial charge is 0.477 e. The second-order valence-electron chi connectivity index (χ2n) is 4.29. The maximum Gasteiger partial charge on any atom is 0.228 e. The summed E-state index contributed by atoms with van der Waals surface area (Å²) in [5.74, 6) is 1.43. The molecular weight excluding hydrogens is 348 g/mol. The first-order valence-electron chi connectivity index (χ1n) is 5.90. The third kappa shape index (κ3) is 4.23. The molecule has 5 heteroatoms. The second-order valence-corrected chi connectivity index (χ2v) is 6.06. The van der Waals surface area contributed by atoms with E-state index in [0.717, 1.165) is 41.0 Å². The van der Waals surface area contributed by atoms with Crippen molar-refractivity contribution in [2.45, 2.75) is 19.3 Å². The first-order chi connectivity index (χ1) is 8.25. The van der Waals surface area contributed by atoms with Crippen LogP contribution in [0.1, 0.15) is 19.3 Å². The van der Waals surface area contributed by atoms with Crippen LogP contribution in [0.25, 0.3) is 0 Å². The Hall–Kier alpha value is -0.130. The summed E-state index contributed by atoms with van der Waals surface area (Å²) in [6, 6.07) is 1.95. The Bertz CT molecular complexity index is 368. The van der Waals surface area contributed by atoms with Crippen LogP contribution in [0.15, 0.2) is 21.2 Å². The molecule has 0 spiro atoms. The van der Waals surface area contributed by atoms with Gasteiger partial charge in [-0.05, 0) is 76.2 Å². The molecule has 2 heterocycles. The molecule has 0 amide bonds. The van der Waals surface area contributed by atoms with Crippen LogP contribution >= 0.6 is 31.9 Å². The van der Waals surface area contributed by atoms with Crippen LogP contribution in [0.2, 0.25) is 0 Å². The summed E-state index contributed by atoms with van der Waals surface area (Å²) < 4.78 is 7.54. The maximum absolute atomic E-state index is 5.69. The van der Waals surface area contributed by atoms with E-state index in [0.29, 0.717) is 5.88 Å². The van der Waals surface area contributed by atoms with E-state index in [-0.39, 0.29) is 0 Å². The highest BCUT2D eigenvalue weighted by molar-refractivity contribution is 9.11. The Morgan fingerprint density at radius 3 is 3.06 bits per heavy atom. The van der Waals surface area contributed by atoms with Gasteiger partial charge in [0, 0.05) is 10.7 Å². The normalized spacial score (nSPS) is 20.2. The molecule has 1 fully saturated rings. The zero-order valence-corrected chi connectivity index (χ0v) is 12.8. The third-order valence-corrected chi connectivity index (χ3v) is 3.94. The van der Waals surface area contributed by atoms with Gasteiger partial charge >= 0.3 is 0 Å². The Labute approximate surface area is 119 Å². The zero-order chi connectivity index (χ0) is 12.1. The van der Waals surface area contributed by atoms with E-state index in [1.807, 2.05) is 6.07 Å². The Kier molecular flexibility index (Phi) is 5.25. The number of hydrogen-bond donors (Lipinski definition) is 1. The molecule has 1 saturated heterocycles. The number of nitrogens with one attached hydrogen (secondary N) is 1. The lowest BCUT2D eigenvalue weighted by Crippen LogP contribution is -2.30. The molecule has 0 bridgehead atoms. The van der Waals surface area contributed by atoms with Crippen LogP contribution < -0.4 is 10.1 Å². The van der Waals surface area contributed by atoms with Crippen molar-refractivity contribution in [3.05, 3.63) is 21.2 Å². The fourth-order valence-electron chi connectivity index (χ4n) is 2.00. The van der Waals surface area contributed by atoms with Crippen LogP contribution in [0.5, 0.6) is 5.88 Å². The second kappa shape index (κ2) is 6.71. The Balaban J connectivity index is 1.77. The van der Waals surface area contributed by atoms with E-state index in [9.17, 15) is 0 Å². The lowest BCUT2D eigenvalue weighted by atomic mass is 9.97. The molecule has 0 aromatic carbocycles. The van der Waals surface area contributed by atoms with Gasteiger partial charge in [0.1, 0.15) is 0 Å². The smallest absolute Gasteiger partial charge is 0.228 e. The molecule has 1 N–H and O–H groups in total. The van der Waals surface area contributed by atoms with Crippen molar-refractivity contribution in [3.63, 3.8) is 0 Å². The van der Waals surface area contributed by atoms with Crippen LogP contribution in [0, 0.1) is 5.92 Å². The standard InChI is InChI=1S/C12H16Br2N2O/c13-10-6-11(14)12(16-8-10)17-5-3-9-2-1-4-15-7-9/h6,8-9,15H,1-5,7H2. The minimum Gasteiger partial charge on any atom is -0.477 e. The van der Waals surface area contributed by atoms with E-state index < -0.39 is 0 Å². The summed E-state index contributed by atoms with van der Waals surface area (Å²) in [7, 11) is 0. The molecule has 1 aliphatic rings. The number of halogens is 2. The highest BCUT2D eigenvalue weighted by Gasteiger charge is 2.13. The quantitative estimate of drug-likeness (QED) is 0.890. The van der Waals surface area contributed by atoms with Crippen molar-refractivity contribution in [1.29, 1.82) is 0 Å². The van der Waals surface area contributed by atoms with Gasteiger partial charge in [-0.15, -0.1) is 0 Å². The van der Waals surface area contributed by atoms with Crippen molar-refractivity contribution in [2.24, 2.45) is 5.92 Å². The van der Waals surface area contributed by atoms with Gasteiger partial charge in [-0.25, -0.2) is 4.98 Å². The minimum absolute atomic E-state index is 0.678. The van der Waals surface area contributed by atoms with Gasteiger partial charge in [0.25, 0.3) is 0 Å². The van der Waals surface area contributed by atoms with Crippen molar-refractivity contribution >= 4 is 31.9 Å². The molecule has 1 aromatic rings. The summed E-state index contributed by atoms with van der Waals surface area (Å²) >= 11 is 6.81. The summed E-state index contributed by atoms with van der Waals surface area (Å²) in [6.07, 6.45) is 5.44. The number of pyridine rings is 1. The maximum atomic E-state index is 5.69. The van der Waals surface area contributed by atoms with Gasteiger partial charge in [0.05, 0.1) is 11.1 Å². The predicted octanol–water partition coefficient (Wildman–Crippen LogP) is 3.38. The molecule has 1 unspecified atom stereocenters. The Morgan fingerprint density at radius 2 is 2.35 bits per heavy atom. The van der Waals surface area contributed by atoms with Crippen molar-refractivity contribution in [2.75, 3.05) is 19.7 Å². The molecule has 0 aliphatic carbocycles. The first kappa shape index (κ1) is 13.3. The molecule has 0 saturated carbocycles. The molecule has 1 aromatic heterocycles. The Morgan fingerprint density at radius 1 is 1.47 bits per heavy atom. The summed E-state index contributed by atoms with van der Waals surface area (Å²) in [4.78, 5) is 4.23. The van der Waals surface area contributed by atoms with Crippen LogP contribution in [0.4, 0.5) is 0 Å². The van der Waals surface area contributed by atoms with Gasteiger partial charge in [-0.1, -0.05) is 0 Å². The molecular formula is C12H16Br2N2O. The van der Waals surface area contributed by atoms with Gasteiger partial charge in [0.15, 0.2) is 0 Å². The summed E-state index contributed by atoms with van der Waals surface area (Å²) in [6.45, 7) is 3.02. The topological polar surface area (TPSA) is 34.1 Å². The number of rotatable bonds is 4. The summed E-state index contributed by atoms with van der Waals surface area (Å²) in [5, 5.41) is 3.42. The molecule has 0 radical (unpaired) electrons. The van der Waals surface area contributed by atoms with E-state index in [1.165, 1.54) is 12.8 Å². The first-order valence-corrected chi connectivity index (χ1v) is 7.49. The molecule has 3 nitrogen and oxygen atoms in total. The van der Waals surface area contributed by atoms with Crippen LogP contribution in [-0.4, -0.2) is 24.7 Å². The molecule has 2 rings (SSSR count). The molecule has 94 valence electrons. The predicted molar refractivity (Wildman–Crippen MR) is 75.3 cm³/mol. The van der Waals surface area contributed by atoms with E-state index >= 15 is 0 Å². The van der Waals surface area contributed by atoms with Crippen LogP contribution in [-0.2, 0) is 0 Å². The van der Waals surface area contributed by atoms with Gasteiger partial charge < -0.3 is 10.1 Å². The summed E-state index contributed by atoms with van der Waals surface area (Å²) in [5.41, 5.74) is 0. The fourth-order valence-corrected chi connectivity index (χ4v) is 3.10. The lowest BCUT2D eigenvalue weighted by Gasteiger charge is -2.22. The monoisotopic (exact) mass is 362 g/mol. The highest BCUT2D eigenvalue weighted by Crippen LogP contribution is 2.25. The number of nitrogens with zero attached hydrogens (tertiary/aromatic N) is 1. The average Bonchev–Trinajstić information content (AvgIpc) is 2.33. The zero-order valence-electron chi connectivity index (χ0n) is 9.59. The van der Waals surface area contributed by atoms with Gasteiger partial charge in [-0.2, -0.15) is 0 Å². The molecule has 17 heavy (non-hydrogen) atoms. The molecule has 1 atom stereocenters. The SMILES string of the molecule is Brc1cnc(OCCC2CCCNC2)c(Br)c1. The lowest BCUT2D eigenvalue weighted by molar-refractivity contribution is 0.246.